The molecule has 61 heavy (non-hydrogen) atoms. The van der Waals surface area contributed by atoms with Crippen molar-refractivity contribution in [1.29, 1.82) is 0 Å². The Morgan fingerprint density at radius 3 is 2.36 bits per heavy atom. The summed E-state index contributed by atoms with van der Waals surface area (Å²) in [6.45, 7) is 17.6. The summed E-state index contributed by atoms with van der Waals surface area (Å²) in [7, 11) is 1.96. The number of hydrogen-bond donors (Lipinski definition) is 3. The van der Waals surface area contributed by atoms with Crippen molar-refractivity contribution in [3.8, 4) is 12.3 Å². The molecule has 0 bridgehead atoms. The Morgan fingerprint density at radius 1 is 1.10 bits per heavy atom. The summed E-state index contributed by atoms with van der Waals surface area (Å²) in [6, 6.07) is 6.69. The maximum atomic E-state index is 14.8. The van der Waals surface area contributed by atoms with Crippen molar-refractivity contribution in [2.24, 2.45) is 23.2 Å². The molecule has 0 spiro atoms. The summed E-state index contributed by atoms with van der Waals surface area (Å²) in [5, 5.41) is 19.7. The molecule has 13 nitrogen and oxygen atoms in total. The van der Waals surface area contributed by atoms with Crippen LogP contribution in [0.15, 0.2) is 29.6 Å². The number of nitrogens with zero attached hydrogens (tertiary/aromatic N) is 3. The van der Waals surface area contributed by atoms with Crippen molar-refractivity contribution < 1.29 is 38.7 Å². The third kappa shape index (κ3) is 15.8. The Hall–Kier alpha value is -4.32. The Morgan fingerprint density at radius 2 is 1.79 bits per heavy atom. The van der Waals surface area contributed by atoms with Gasteiger partial charge in [-0.05, 0) is 103 Å². The number of thiazole rings is 1. The van der Waals surface area contributed by atoms with E-state index in [0.717, 1.165) is 48.4 Å². The molecule has 0 aliphatic carbocycles. The van der Waals surface area contributed by atoms with E-state index in [0.29, 0.717) is 30.7 Å². The molecule has 2 aromatic rings. The number of Topliss-reactive ketones (excluding diaryl/α,β-unsaturated/α-hetero) is 1. The SMILES string of the molecule is C#CCCCON(C(=O)[C@@H](CC(=O)[C@H]1CCCCN1C)[C@@H](C)CC)[C@H](C[C@@H](OC(C)=O)c1nc(C(=O)N[C@@H](Cc2ccc(NC(C)C)cc2)CC(C)(C)C(=O)O)cs1)C(C)C. The number of anilines is 1. The first-order valence-electron chi connectivity index (χ1n) is 21.9. The average molecular weight is 866 g/mol. The Labute approximate surface area is 368 Å². The van der Waals surface area contributed by atoms with E-state index in [1.807, 2.05) is 59.0 Å². The lowest BCUT2D eigenvalue weighted by Gasteiger charge is -2.38. The van der Waals surface area contributed by atoms with E-state index < -0.39 is 47.4 Å². The maximum Gasteiger partial charge on any atom is 0.309 e. The molecule has 338 valence electrons. The summed E-state index contributed by atoms with van der Waals surface area (Å²) in [6.07, 6.45) is 9.74. The molecular formula is C47H71N5O8S. The number of carboxylic acids is 1. The number of unbranched alkanes of at least 4 members (excludes halogenated alkanes) is 1. The minimum absolute atomic E-state index is 0.0474. The molecule has 0 saturated carbocycles. The van der Waals surface area contributed by atoms with Crippen molar-refractivity contribution in [1.82, 2.24) is 20.3 Å². The van der Waals surface area contributed by atoms with Gasteiger partial charge in [0.2, 0.25) is 5.91 Å². The lowest BCUT2D eigenvalue weighted by Crippen LogP contribution is -2.50. The van der Waals surface area contributed by atoms with Crippen LogP contribution in [0, 0.1) is 35.5 Å². The molecule has 1 aromatic carbocycles. The number of benzene rings is 1. The fraction of sp³-hybridized carbons (Fsp3) is 0.660. The number of aliphatic carboxylic acids is 1. The van der Waals surface area contributed by atoms with Gasteiger partial charge < -0.3 is 20.5 Å². The third-order valence-corrected chi connectivity index (χ3v) is 12.5. The highest BCUT2D eigenvalue weighted by molar-refractivity contribution is 7.09. The van der Waals surface area contributed by atoms with Crippen LogP contribution in [0.5, 0.6) is 0 Å². The number of aromatic nitrogens is 1. The van der Waals surface area contributed by atoms with Crippen molar-refractivity contribution in [3.05, 3.63) is 45.9 Å². The van der Waals surface area contributed by atoms with E-state index in [1.165, 1.54) is 12.0 Å². The van der Waals surface area contributed by atoms with Crippen LogP contribution in [0.4, 0.5) is 5.69 Å². The highest BCUT2D eigenvalue weighted by Gasteiger charge is 2.40. The number of amides is 2. The number of ketones is 1. The number of ether oxygens (including phenoxy) is 1. The molecule has 1 aliphatic heterocycles. The van der Waals surface area contributed by atoms with Crippen LogP contribution in [0.2, 0.25) is 0 Å². The van der Waals surface area contributed by atoms with Crippen molar-refractivity contribution in [2.75, 3.05) is 25.5 Å². The first-order valence-corrected chi connectivity index (χ1v) is 22.8. The molecule has 1 saturated heterocycles. The Kier molecular flexibility index (Phi) is 20.4. The second kappa shape index (κ2) is 24.4. The number of esters is 1. The van der Waals surface area contributed by atoms with Crippen LogP contribution < -0.4 is 10.6 Å². The van der Waals surface area contributed by atoms with Crippen LogP contribution in [0.3, 0.4) is 0 Å². The minimum atomic E-state index is -1.13. The highest BCUT2D eigenvalue weighted by Crippen LogP contribution is 2.34. The molecular weight excluding hydrogens is 795 g/mol. The van der Waals surface area contributed by atoms with E-state index in [2.05, 4.69) is 40.3 Å². The van der Waals surface area contributed by atoms with Gasteiger partial charge in [-0.25, -0.2) is 10.0 Å². The fourth-order valence-electron chi connectivity index (χ4n) is 7.76. The summed E-state index contributed by atoms with van der Waals surface area (Å²) < 4.78 is 5.88. The van der Waals surface area contributed by atoms with Gasteiger partial charge in [-0.15, -0.1) is 23.7 Å². The largest absolute Gasteiger partial charge is 0.481 e. The van der Waals surface area contributed by atoms with Gasteiger partial charge >= 0.3 is 11.9 Å². The maximum absolute atomic E-state index is 14.8. The molecule has 3 rings (SSSR count). The molecule has 1 aromatic heterocycles. The molecule has 2 amide bonds. The van der Waals surface area contributed by atoms with Gasteiger partial charge in [-0.1, -0.05) is 52.7 Å². The van der Waals surface area contributed by atoms with Gasteiger partial charge in [-0.3, -0.25) is 33.7 Å². The lowest BCUT2D eigenvalue weighted by atomic mass is 9.83. The summed E-state index contributed by atoms with van der Waals surface area (Å²) in [5.74, 6) is -0.627. The van der Waals surface area contributed by atoms with Gasteiger partial charge in [0.05, 0.1) is 24.1 Å². The van der Waals surface area contributed by atoms with Crippen LogP contribution >= 0.6 is 11.3 Å². The number of rotatable bonds is 25. The zero-order chi connectivity index (χ0) is 45.4. The van der Waals surface area contributed by atoms with E-state index in [1.54, 1.807) is 19.2 Å². The summed E-state index contributed by atoms with van der Waals surface area (Å²) in [4.78, 5) is 80.3. The molecule has 3 N–H and O–H groups in total. The Balaban J connectivity index is 1.94. The second-order valence-corrected chi connectivity index (χ2v) is 18.8. The minimum Gasteiger partial charge on any atom is -0.481 e. The molecule has 0 radical (unpaired) electrons. The fourth-order valence-corrected chi connectivity index (χ4v) is 8.60. The molecule has 14 heteroatoms. The van der Waals surface area contributed by atoms with Crippen LogP contribution in [0.1, 0.15) is 147 Å². The predicted molar refractivity (Wildman–Crippen MR) is 240 cm³/mol. The summed E-state index contributed by atoms with van der Waals surface area (Å²) >= 11 is 1.15. The summed E-state index contributed by atoms with van der Waals surface area (Å²) in [5.41, 5.74) is 0.847. The number of hydrogen-bond acceptors (Lipinski definition) is 11. The number of carboxylic acid groups (broad SMARTS) is 1. The smallest absolute Gasteiger partial charge is 0.309 e. The van der Waals surface area contributed by atoms with Gasteiger partial charge in [0, 0.05) is 55.3 Å². The number of likely N-dealkylation sites (tertiary alicyclic amines) is 1. The zero-order valence-corrected chi connectivity index (χ0v) is 38.9. The molecule has 6 atom stereocenters. The van der Waals surface area contributed by atoms with Gasteiger partial charge in [0.15, 0.2) is 11.9 Å². The first kappa shape index (κ1) is 51.0. The van der Waals surface area contributed by atoms with Crippen molar-refractivity contribution >= 4 is 46.6 Å². The monoisotopic (exact) mass is 866 g/mol. The van der Waals surface area contributed by atoms with Crippen LogP contribution in [0.25, 0.3) is 0 Å². The number of carbonyl (C=O) groups excluding carboxylic acids is 4. The quantitative estimate of drug-likeness (QED) is 0.0382. The lowest BCUT2D eigenvalue weighted by molar-refractivity contribution is -0.215. The Bertz CT molecular complexity index is 1790. The molecule has 1 fully saturated rings. The van der Waals surface area contributed by atoms with Gasteiger partial charge in [0.1, 0.15) is 10.7 Å². The van der Waals surface area contributed by atoms with Gasteiger partial charge in [-0.2, -0.15) is 0 Å². The molecule has 1 aliphatic rings. The van der Waals surface area contributed by atoms with Crippen molar-refractivity contribution in [2.45, 2.75) is 157 Å². The third-order valence-electron chi connectivity index (χ3n) is 11.6. The van der Waals surface area contributed by atoms with Crippen molar-refractivity contribution in [3.63, 3.8) is 0 Å². The zero-order valence-electron chi connectivity index (χ0n) is 38.1. The molecule has 0 unspecified atom stereocenters. The van der Waals surface area contributed by atoms with Crippen LogP contribution in [-0.4, -0.2) is 94.0 Å². The predicted octanol–water partition coefficient (Wildman–Crippen LogP) is 8.10. The number of piperidine rings is 1. The van der Waals surface area contributed by atoms with E-state index in [4.69, 9.17) is 16.0 Å². The van der Waals surface area contributed by atoms with Gasteiger partial charge in [0.25, 0.3) is 5.91 Å². The average Bonchev–Trinajstić information content (AvgIpc) is 3.69. The number of terminal acetylenes is 1. The highest BCUT2D eigenvalue weighted by atomic mass is 32.1. The molecule has 2 heterocycles. The topological polar surface area (TPSA) is 167 Å². The standard InChI is InChI=1S/C47H71N5O8S/c1-12-14-17-24-59-52(45(56)37(32(7)13-2)26-41(54)39-18-15-16-23-51(39)11)40(30(3)4)27-42(60-33(8)53)44-50-38(29-61-44)43(55)49-36(28-47(9,10)46(57)58)25-34-19-21-35(22-20-34)48-31(5)6/h1,19-22,29-32,36-37,39-40,42,48H,13-18,23-28H2,2-11H3,(H,49,55)(H,57,58)/t32-,36-,37-,39+,40+,42+/m0/s1. The van der Waals surface area contributed by atoms with Crippen LogP contribution in [-0.2, 0) is 35.2 Å². The second-order valence-electron chi connectivity index (χ2n) is 17.9. The number of likely N-dealkylation sites (N-methyl/N-ethyl adjacent to an activating group) is 1. The normalized spacial score (nSPS) is 17.1. The number of carbonyl (C=O) groups is 5. The van der Waals surface area contributed by atoms with E-state index in [9.17, 15) is 29.1 Å². The van der Waals surface area contributed by atoms with E-state index in [-0.39, 0.29) is 67.2 Å². The first-order chi connectivity index (χ1) is 28.8. The number of hydroxylamine groups is 2. The number of nitrogens with one attached hydrogen (secondary N) is 2. The van der Waals surface area contributed by atoms with E-state index >= 15 is 0 Å².